The van der Waals surface area contributed by atoms with Gasteiger partial charge in [0.05, 0.1) is 5.41 Å². The summed E-state index contributed by atoms with van der Waals surface area (Å²) in [5.41, 5.74) is 13.6. The molecule has 2 heterocycles. The molecule has 2 atom stereocenters. The number of fused-ring (bicyclic) bond motifs is 3. The van der Waals surface area contributed by atoms with Crippen molar-refractivity contribution < 1.29 is 4.42 Å². The first kappa shape index (κ1) is 33.8. The normalized spacial score (nSPS) is 17.0. The summed E-state index contributed by atoms with van der Waals surface area (Å²) in [4.78, 5) is 20.1. The summed E-state index contributed by atoms with van der Waals surface area (Å²) in [6.45, 7) is 0. The number of hydrogen-bond donors (Lipinski definition) is 0. The van der Waals surface area contributed by atoms with E-state index in [1.165, 1.54) is 33.4 Å². The van der Waals surface area contributed by atoms with Crippen LogP contribution in [-0.2, 0) is 5.41 Å². The Morgan fingerprint density at radius 1 is 0.483 bits per heavy atom. The molecule has 0 radical (unpaired) electrons. The Labute approximate surface area is 336 Å². The molecule has 0 saturated heterocycles. The molecule has 9 aromatic rings. The van der Waals surface area contributed by atoms with E-state index in [0.29, 0.717) is 23.4 Å². The van der Waals surface area contributed by atoms with Gasteiger partial charge in [-0.25, -0.2) is 19.9 Å². The Kier molecular flexibility index (Phi) is 8.11. The molecule has 2 unspecified atom stereocenters. The van der Waals surface area contributed by atoms with Gasteiger partial charge < -0.3 is 4.42 Å². The van der Waals surface area contributed by atoms with Gasteiger partial charge in [0.2, 0.25) is 5.89 Å². The van der Waals surface area contributed by atoms with E-state index in [9.17, 15) is 0 Å². The van der Waals surface area contributed by atoms with Gasteiger partial charge in [0.15, 0.2) is 23.1 Å². The Balaban J connectivity index is 1.08. The van der Waals surface area contributed by atoms with Crippen LogP contribution < -0.4 is 0 Å². The van der Waals surface area contributed by atoms with Gasteiger partial charge in [-0.2, -0.15) is 0 Å². The molecule has 274 valence electrons. The van der Waals surface area contributed by atoms with Gasteiger partial charge in [-0.15, -0.1) is 0 Å². The van der Waals surface area contributed by atoms with Crippen LogP contribution in [-0.4, -0.2) is 19.9 Å². The second-order valence-electron chi connectivity index (χ2n) is 14.9. The first-order chi connectivity index (χ1) is 28.7. The number of aromatic nitrogens is 4. The largest absolute Gasteiger partial charge is 0.436 e. The first-order valence-electron chi connectivity index (χ1n) is 19.7. The summed E-state index contributed by atoms with van der Waals surface area (Å²) in [6.07, 6.45) is 5.59. The second-order valence-corrected chi connectivity index (χ2v) is 14.9. The van der Waals surface area contributed by atoms with Crippen LogP contribution in [0.1, 0.15) is 40.2 Å². The lowest BCUT2D eigenvalue weighted by atomic mass is 9.65. The molecule has 5 heteroatoms. The topological polar surface area (TPSA) is 64.7 Å². The van der Waals surface area contributed by atoms with E-state index in [0.717, 1.165) is 45.3 Å². The highest BCUT2D eigenvalue weighted by Crippen LogP contribution is 2.60. The van der Waals surface area contributed by atoms with E-state index in [1.54, 1.807) is 0 Å². The second kappa shape index (κ2) is 13.9. The minimum Gasteiger partial charge on any atom is -0.436 e. The average Bonchev–Trinajstić information content (AvgIpc) is 3.88. The maximum Gasteiger partial charge on any atom is 0.227 e. The molecule has 11 rings (SSSR count). The number of hydrogen-bond acceptors (Lipinski definition) is 5. The zero-order valence-electron chi connectivity index (χ0n) is 31.5. The SMILES string of the molecule is C1=CC2=C(c3ccccc3C2(c2ccccc2)c2ccc3oc(-c4ccccc4)nc3c2)C(c2cccc(-c3nc(-c4ccccc4)nc(-c4ccccc4)n3)c2)C1. The summed E-state index contributed by atoms with van der Waals surface area (Å²) in [6, 6.07) is 65.6. The Morgan fingerprint density at radius 3 is 1.76 bits per heavy atom. The van der Waals surface area contributed by atoms with E-state index in [-0.39, 0.29) is 5.92 Å². The molecule has 0 aliphatic heterocycles. The molecular formula is C53H36N4O. The highest BCUT2D eigenvalue weighted by atomic mass is 16.3. The highest BCUT2D eigenvalue weighted by molar-refractivity contribution is 5.92. The fourth-order valence-electron chi connectivity index (χ4n) is 9.04. The third-order valence-electron chi connectivity index (χ3n) is 11.6. The van der Waals surface area contributed by atoms with E-state index < -0.39 is 5.41 Å². The maximum atomic E-state index is 6.32. The van der Waals surface area contributed by atoms with Crippen LogP contribution in [0.25, 0.3) is 62.3 Å². The minimum absolute atomic E-state index is 0.0937. The Hall–Kier alpha value is -7.50. The zero-order chi connectivity index (χ0) is 38.5. The predicted molar refractivity (Wildman–Crippen MR) is 232 cm³/mol. The van der Waals surface area contributed by atoms with Crippen molar-refractivity contribution in [1.29, 1.82) is 0 Å². The minimum atomic E-state index is -0.580. The van der Waals surface area contributed by atoms with Crippen LogP contribution in [0.2, 0.25) is 0 Å². The monoisotopic (exact) mass is 744 g/mol. The lowest BCUT2D eigenvalue weighted by Gasteiger charge is -2.36. The molecule has 0 N–H and O–H groups in total. The molecule has 0 saturated carbocycles. The maximum absolute atomic E-state index is 6.32. The molecule has 0 spiro atoms. The third-order valence-corrected chi connectivity index (χ3v) is 11.6. The van der Waals surface area contributed by atoms with Gasteiger partial charge in [0.1, 0.15) is 5.52 Å². The first-order valence-corrected chi connectivity index (χ1v) is 19.7. The average molecular weight is 745 g/mol. The van der Waals surface area contributed by atoms with Gasteiger partial charge >= 0.3 is 0 Å². The number of nitrogens with zero attached hydrogens (tertiary/aromatic N) is 4. The van der Waals surface area contributed by atoms with Gasteiger partial charge in [0.25, 0.3) is 0 Å². The summed E-state index contributed by atoms with van der Waals surface area (Å²) >= 11 is 0. The van der Waals surface area contributed by atoms with Crippen LogP contribution in [0.4, 0.5) is 0 Å². The Bertz CT molecular complexity index is 2970. The van der Waals surface area contributed by atoms with Gasteiger partial charge in [0, 0.05) is 28.2 Å². The number of benzene rings is 7. The van der Waals surface area contributed by atoms with Crippen molar-refractivity contribution in [2.45, 2.75) is 17.8 Å². The molecule has 5 nitrogen and oxygen atoms in total. The fraction of sp³-hybridized carbons (Fsp3) is 0.0566. The fourth-order valence-corrected chi connectivity index (χ4v) is 9.04. The molecule has 0 amide bonds. The van der Waals surface area contributed by atoms with Gasteiger partial charge in [-0.05, 0) is 75.7 Å². The molecule has 0 bridgehead atoms. The lowest BCUT2D eigenvalue weighted by Crippen LogP contribution is -2.29. The standard InChI is InChI=1S/C53H36N4O/c1-5-17-35(18-6-1)49-55-50(36-19-7-2-8-20-36)57-51(56-49)39-24-15-23-38(33-39)42-28-16-30-45-48(42)43-27-13-14-29-44(43)53(45,40-25-11-4-12-26-40)41-31-32-47-46(34-41)54-52(58-47)37-21-9-3-10-22-37/h1-27,29-34,42H,28H2. The van der Waals surface area contributed by atoms with Crippen LogP contribution in [0.15, 0.2) is 210 Å². The molecule has 58 heavy (non-hydrogen) atoms. The molecule has 2 aromatic heterocycles. The number of rotatable bonds is 7. The molecular weight excluding hydrogens is 709 g/mol. The van der Waals surface area contributed by atoms with Gasteiger partial charge in [-0.3, -0.25) is 0 Å². The van der Waals surface area contributed by atoms with E-state index in [4.69, 9.17) is 24.4 Å². The van der Waals surface area contributed by atoms with Crippen molar-refractivity contribution in [3.05, 3.63) is 234 Å². The van der Waals surface area contributed by atoms with Crippen molar-refractivity contribution in [2.75, 3.05) is 0 Å². The molecule has 0 fully saturated rings. The lowest BCUT2D eigenvalue weighted by molar-refractivity contribution is 0.619. The zero-order valence-corrected chi connectivity index (χ0v) is 31.5. The summed E-state index contributed by atoms with van der Waals surface area (Å²) in [5.74, 6) is 2.67. The predicted octanol–water partition coefficient (Wildman–Crippen LogP) is 12.5. The van der Waals surface area contributed by atoms with Crippen molar-refractivity contribution >= 4 is 16.7 Å². The van der Waals surface area contributed by atoms with Crippen molar-refractivity contribution in [2.24, 2.45) is 0 Å². The van der Waals surface area contributed by atoms with E-state index in [1.807, 2.05) is 91.0 Å². The number of allylic oxidation sites excluding steroid dienone is 4. The van der Waals surface area contributed by atoms with Crippen molar-refractivity contribution in [3.8, 4) is 45.6 Å². The highest BCUT2D eigenvalue weighted by Gasteiger charge is 2.49. The molecule has 7 aromatic carbocycles. The molecule has 2 aliphatic carbocycles. The van der Waals surface area contributed by atoms with Crippen molar-refractivity contribution in [1.82, 2.24) is 19.9 Å². The van der Waals surface area contributed by atoms with Gasteiger partial charge in [-0.1, -0.05) is 170 Å². The number of oxazole rings is 1. The quantitative estimate of drug-likeness (QED) is 0.163. The third kappa shape index (κ3) is 5.54. The van der Waals surface area contributed by atoms with E-state index >= 15 is 0 Å². The van der Waals surface area contributed by atoms with Crippen LogP contribution >= 0.6 is 0 Å². The van der Waals surface area contributed by atoms with Crippen LogP contribution in [0, 0.1) is 0 Å². The van der Waals surface area contributed by atoms with E-state index in [2.05, 4.69) is 109 Å². The summed E-state index contributed by atoms with van der Waals surface area (Å²) in [7, 11) is 0. The summed E-state index contributed by atoms with van der Waals surface area (Å²) < 4.78 is 6.32. The smallest absolute Gasteiger partial charge is 0.227 e. The summed E-state index contributed by atoms with van der Waals surface area (Å²) in [5, 5.41) is 0. The van der Waals surface area contributed by atoms with Crippen molar-refractivity contribution in [3.63, 3.8) is 0 Å². The molecule has 2 aliphatic rings. The Morgan fingerprint density at radius 2 is 1.07 bits per heavy atom. The van der Waals surface area contributed by atoms with Crippen LogP contribution in [0.5, 0.6) is 0 Å². The van der Waals surface area contributed by atoms with Crippen LogP contribution in [0.3, 0.4) is 0 Å².